The maximum Gasteiger partial charge on any atom is 0.253 e. The third kappa shape index (κ3) is 5.52. The molecule has 1 aliphatic rings. The van der Waals surface area contributed by atoms with Crippen LogP contribution in [0.2, 0.25) is 0 Å². The van der Waals surface area contributed by atoms with E-state index >= 15 is 0 Å². The number of pyridine rings is 1. The summed E-state index contributed by atoms with van der Waals surface area (Å²) in [6, 6.07) is 22.9. The molecule has 1 fully saturated rings. The number of hydrogen-bond donors (Lipinski definition) is 1. The lowest BCUT2D eigenvalue weighted by Gasteiger charge is -2.40. The molecule has 1 atom stereocenters. The number of hydrogen-bond acceptors (Lipinski definition) is 6. The van der Waals surface area contributed by atoms with E-state index in [1.807, 2.05) is 28.9 Å². The van der Waals surface area contributed by atoms with Crippen molar-refractivity contribution in [3.05, 3.63) is 116 Å². The number of aromatic amines is 1. The average molecular weight is 548 g/mol. The van der Waals surface area contributed by atoms with E-state index in [1.54, 1.807) is 0 Å². The highest BCUT2D eigenvalue weighted by Crippen LogP contribution is 2.31. The van der Waals surface area contributed by atoms with Crippen molar-refractivity contribution >= 4 is 16.6 Å². The molecule has 0 amide bonds. The molecule has 0 bridgehead atoms. The van der Waals surface area contributed by atoms with Gasteiger partial charge in [-0.3, -0.25) is 9.69 Å². The Morgan fingerprint density at radius 2 is 1.63 bits per heavy atom. The number of aryl methyl sites for hydroxylation is 6. The molecule has 5 aromatic rings. The van der Waals surface area contributed by atoms with Gasteiger partial charge in [-0.2, -0.15) is 0 Å². The van der Waals surface area contributed by atoms with Crippen molar-refractivity contribution in [2.75, 3.05) is 31.1 Å². The van der Waals surface area contributed by atoms with E-state index in [-0.39, 0.29) is 11.6 Å². The van der Waals surface area contributed by atoms with E-state index in [4.69, 9.17) is 0 Å². The first-order chi connectivity index (χ1) is 19.9. The first kappa shape index (κ1) is 26.9. The summed E-state index contributed by atoms with van der Waals surface area (Å²) < 4.78 is 1.88. The number of H-pyrrole nitrogens is 1. The molecule has 41 heavy (non-hydrogen) atoms. The fourth-order valence-electron chi connectivity index (χ4n) is 6.12. The molecule has 0 aliphatic carbocycles. The molecule has 6 rings (SSSR count). The molecule has 0 unspecified atom stereocenters. The molecule has 1 N–H and O–H groups in total. The fraction of sp³-hybridized carbons (Fsp3) is 0.333. The van der Waals surface area contributed by atoms with Crippen molar-refractivity contribution in [3.63, 3.8) is 0 Å². The Balaban J connectivity index is 1.37. The van der Waals surface area contributed by atoms with Crippen molar-refractivity contribution in [1.82, 2.24) is 30.1 Å². The molecule has 3 heterocycles. The van der Waals surface area contributed by atoms with Gasteiger partial charge < -0.3 is 9.88 Å². The molecular formula is C33H37N7O. The second-order valence-corrected chi connectivity index (χ2v) is 11.3. The Morgan fingerprint density at radius 1 is 0.854 bits per heavy atom. The van der Waals surface area contributed by atoms with Crippen LogP contribution in [0, 0.1) is 27.7 Å². The number of nitrogens with one attached hydrogen (secondary N) is 1. The van der Waals surface area contributed by atoms with E-state index in [2.05, 4.69) is 100 Å². The van der Waals surface area contributed by atoms with Crippen LogP contribution < -0.4 is 10.5 Å². The molecule has 3 aromatic carbocycles. The Hall–Kier alpha value is -4.30. The largest absolute Gasteiger partial charge is 0.369 e. The number of piperazine rings is 1. The molecule has 2 aromatic heterocycles. The van der Waals surface area contributed by atoms with Crippen LogP contribution >= 0.6 is 0 Å². The van der Waals surface area contributed by atoms with E-state index in [0.717, 1.165) is 54.6 Å². The van der Waals surface area contributed by atoms with Crippen LogP contribution in [0.3, 0.4) is 0 Å². The lowest BCUT2D eigenvalue weighted by atomic mass is 9.99. The maximum atomic E-state index is 13.7. The number of tetrazole rings is 1. The SMILES string of the molecule is Cc1ccc(C)c(N2CCN([C@@H](c3cc4c(C)cc(C)cc4[nH]c3=O)c3nnnn3CCc3ccccc3)CC2)c1. The normalized spacial score (nSPS) is 15.0. The zero-order valence-corrected chi connectivity index (χ0v) is 24.3. The smallest absolute Gasteiger partial charge is 0.253 e. The van der Waals surface area contributed by atoms with E-state index < -0.39 is 0 Å². The third-order valence-corrected chi connectivity index (χ3v) is 8.28. The van der Waals surface area contributed by atoms with Crippen LogP contribution in [0.15, 0.2) is 71.5 Å². The summed E-state index contributed by atoms with van der Waals surface area (Å²) in [5, 5.41) is 14.1. The van der Waals surface area contributed by atoms with Crippen LogP contribution in [0.5, 0.6) is 0 Å². The van der Waals surface area contributed by atoms with Crippen LogP contribution in [0.25, 0.3) is 10.9 Å². The summed E-state index contributed by atoms with van der Waals surface area (Å²) in [5.74, 6) is 0.704. The second-order valence-electron chi connectivity index (χ2n) is 11.3. The summed E-state index contributed by atoms with van der Waals surface area (Å²) in [4.78, 5) is 21.7. The van der Waals surface area contributed by atoms with E-state index in [9.17, 15) is 4.79 Å². The first-order valence-corrected chi connectivity index (χ1v) is 14.4. The van der Waals surface area contributed by atoms with Gasteiger partial charge in [-0.15, -0.1) is 5.10 Å². The number of nitrogens with zero attached hydrogens (tertiary/aromatic N) is 6. The zero-order valence-electron chi connectivity index (χ0n) is 24.3. The molecule has 0 spiro atoms. The van der Waals surface area contributed by atoms with Crippen molar-refractivity contribution in [1.29, 1.82) is 0 Å². The number of benzene rings is 3. The van der Waals surface area contributed by atoms with Gasteiger partial charge in [0.2, 0.25) is 0 Å². The van der Waals surface area contributed by atoms with Gasteiger partial charge in [0.15, 0.2) is 5.82 Å². The predicted octanol–water partition coefficient (Wildman–Crippen LogP) is 4.90. The van der Waals surface area contributed by atoms with Crippen molar-refractivity contribution in [2.24, 2.45) is 0 Å². The second kappa shape index (κ2) is 11.3. The van der Waals surface area contributed by atoms with Gasteiger partial charge in [0.1, 0.15) is 6.04 Å². The summed E-state index contributed by atoms with van der Waals surface area (Å²) in [6.45, 7) is 12.4. The molecular weight excluding hydrogens is 510 g/mol. The van der Waals surface area contributed by atoms with Crippen LogP contribution in [0.1, 0.15) is 45.2 Å². The minimum atomic E-state index is -0.365. The monoisotopic (exact) mass is 547 g/mol. The quantitative estimate of drug-likeness (QED) is 0.312. The third-order valence-electron chi connectivity index (χ3n) is 8.28. The Morgan fingerprint density at radius 3 is 2.41 bits per heavy atom. The Kier molecular flexibility index (Phi) is 7.41. The van der Waals surface area contributed by atoms with Gasteiger partial charge >= 0.3 is 0 Å². The first-order valence-electron chi connectivity index (χ1n) is 14.4. The topological polar surface area (TPSA) is 82.9 Å². The number of rotatable bonds is 7. The number of anilines is 1. The summed E-state index contributed by atoms with van der Waals surface area (Å²) in [5.41, 5.74) is 8.76. The van der Waals surface area contributed by atoms with Gasteiger partial charge in [0.25, 0.3) is 5.56 Å². The van der Waals surface area contributed by atoms with Crippen LogP contribution in [-0.4, -0.2) is 56.3 Å². The molecule has 1 aliphatic heterocycles. The van der Waals surface area contributed by atoms with Crippen molar-refractivity contribution in [2.45, 2.75) is 46.7 Å². The summed E-state index contributed by atoms with van der Waals surface area (Å²) in [7, 11) is 0. The molecule has 8 heteroatoms. The molecule has 210 valence electrons. The van der Waals surface area contributed by atoms with Gasteiger partial charge in [0, 0.05) is 54.9 Å². The molecule has 0 radical (unpaired) electrons. The minimum absolute atomic E-state index is 0.0953. The molecule has 0 saturated carbocycles. The lowest BCUT2D eigenvalue weighted by molar-refractivity contribution is 0.199. The highest BCUT2D eigenvalue weighted by Gasteiger charge is 2.33. The average Bonchev–Trinajstić information content (AvgIpc) is 3.43. The maximum absolute atomic E-state index is 13.7. The summed E-state index contributed by atoms with van der Waals surface area (Å²) >= 11 is 0. The van der Waals surface area contributed by atoms with E-state index in [0.29, 0.717) is 17.9 Å². The standard InChI is InChI=1S/C33H37N7O/c1-22-10-11-24(3)30(20-22)38-14-16-39(17-15-38)31(28-21-27-25(4)18-23(2)19-29(27)34-33(28)41)32-35-36-37-40(32)13-12-26-8-6-5-7-9-26/h5-11,18-21,31H,12-17H2,1-4H3,(H,34,41)/t31-/m0/s1. The highest BCUT2D eigenvalue weighted by molar-refractivity contribution is 5.83. The molecule has 1 saturated heterocycles. The highest BCUT2D eigenvalue weighted by atomic mass is 16.1. The Labute approximate surface area is 240 Å². The van der Waals surface area contributed by atoms with Gasteiger partial charge in [-0.25, -0.2) is 4.68 Å². The van der Waals surface area contributed by atoms with Crippen LogP contribution in [0.4, 0.5) is 5.69 Å². The van der Waals surface area contributed by atoms with Gasteiger partial charge in [-0.05, 0) is 90.6 Å². The zero-order chi connectivity index (χ0) is 28.5. The van der Waals surface area contributed by atoms with Gasteiger partial charge in [-0.1, -0.05) is 48.5 Å². The minimum Gasteiger partial charge on any atom is -0.369 e. The Bertz CT molecular complexity index is 1730. The number of aromatic nitrogens is 5. The predicted molar refractivity (Wildman–Crippen MR) is 164 cm³/mol. The lowest BCUT2D eigenvalue weighted by Crippen LogP contribution is -2.49. The fourth-order valence-corrected chi connectivity index (χ4v) is 6.12. The van der Waals surface area contributed by atoms with E-state index in [1.165, 1.54) is 22.4 Å². The summed E-state index contributed by atoms with van der Waals surface area (Å²) in [6.07, 6.45) is 0.804. The molecule has 8 nitrogen and oxygen atoms in total. The van der Waals surface area contributed by atoms with Crippen molar-refractivity contribution < 1.29 is 0 Å². The van der Waals surface area contributed by atoms with Gasteiger partial charge in [0.05, 0.1) is 0 Å². The van der Waals surface area contributed by atoms with Crippen molar-refractivity contribution in [3.8, 4) is 0 Å². The number of fused-ring (bicyclic) bond motifs is 1. The van der Waals surface area contributed by atoms with Crippen LogP contribution in [-0.2, 0) is 13.0 Å².